The third kappa shape index (κ3) is 5.48. The van der Waals surface area contributed by atoms with Gasteiger partial charge in [-0.2, -0.15) is 4.98 Å². The summed E-state index contributed by atoms with van der Waals surface area (Å²) in [6.45, 7) is 2.62. The molecule has 1 aliphatic heterocycles. The van der Waals surface area contributed by atoms with Gasteiger partial charge in [0, 0.05) is 30.9 Å². The quantitative estimate of drug-likeness (QED) is 0.599. The SMILES string of the molecule is O=C(c1cccc(Nc2ncc(Cl)c(NCc3cccc(F)c3)n2)c1)N1CCOCC1. The maximum Gasteiger partial charge on any atom is 0.254 e. The van der Waals surface area contributed by atoms with Crippen LogP contribution in [0.15, 0.2) is 54.7 Å². The minimum Gasteiger partial charge on any atom is -0.378 e. The second-order valence-electron chi connectivity index (χ2n) is 6.98. The summed E-state index contributed by atoms with van der Waals surface area (Å²) in [4.78, 5) is 23.1. The summed E-state index contributed by atoms with van der Waals surface area (Å²) in [5, 5.41) is 6.54. The van der Waals surface area contributed by atoms with Crippen LogP contribution in [-0.2, 0) is 11.3 Å². The molecule has 1 aliphatic rings. The Balaban J connectivity index is 1.45. The molecule has 1 saturated heterocycles. The summed E-state index contributed by atoms with van der Waals surface area (Å²) in [6.07, 6.45) is 1.48. The molecule has 1 amide bonds. The molecular weight excluding hydrogens is 421 g/mol. The number of hydrogen-bond acceptors (Lipinski definition) is 6. The number of nitrogens with one attached hydrogen (secondary N) is 2. The number of halogens is 2. The van der Waals surface area contributed by atoms with E-state index >= 15 is 0 Å². The van der Waals surface area contributed by atoms with Crippen LogP contribution in [0.5, 0.6) is 0 Å². The van der Waals surface area contributed by atoms with Gasteiger partial charge in [-0.15, -0.1) is 0 Å². The molecule has 2 N–H and O–H groups in total. The minimum atomic E-state index is -0.304. The Hall–Kier alpha value is -3.23. The van der Waals surface area contributed by atoms with Crippen LogP contribution in [0.3, 0.4) is 0 Å². The van der Waals surface area contributed by atoms with E-state index in [-0.39, 0.29) is 11.7 Å². The maximum atomic E-state index is 13.4. The van der Waals surface area contributed by atoms with Gasteiger partial charge in [0.1, 0.15) is 10.8 Å². The molecule has 1 aromatic heterocycles. The highest BCUT2D eigenvalue weighted by Crippen LogP contribution is 2.23. The minimum absolute atomic E-state index is 0.0403. The monoisotopic (exact) mass is 441 g/mol. The normalized spacial score (nSPS) is 13.7. The second kappa shape index (κ2) is 9.72. The number of carbonyl (C=O) groups is 1. The largest absolute Gasteiger partial charge is 0.378 e. The fraction of sp³-hybridized carbons (Fsp3) is 0.227. The Kier molecular flexibility index (Phi) is 6.59. The van der Waals surface area contributed by atoms with Gasteiger partial charge in [-0.05, 0) is 35.9 Å². The smallest absolute Gasteiger partial charge is 0.254 e. The number of nitrogens with zero attached hydrogens (tertiary/aromatic N) is 3. The number of ether oxygens (including phenoxy) is 1. The van der Waals surface area contributed by atoms with E-state index in [0.29, 0.717) is 60.9 Å². The molecule has 7 nitrogen and oxygen atoms in total. The van der Waals surface area contributed by atoms with E-state index in [0.717, 1.165) is 5.56 Å². The third-order valence-electron chi connectivity index (χ3n) is 4.76. The predicted molar refractivity (Wildman–Crippen MR) is 117 cm³/mol. The van der Waals surface area contributed by atoms with Crippen molar-refractivity contribution < 1.29 is 13.9 Å². The van der Waals surface area contributed by atoms with Crippen molar-refractivity contribution >= 4 is 35.0 Å². The van der Waals surface area contributed by atoms with Gasteiger partial charge in [0.15, 0.2) is 5.82 Å². The zero-order chi connectivity index (χ0) is 21.6. The van der Waals surface area contributed by atoms with Crippen LogP contribution in [-0.4, -0.2) is 47.1 Å². The topological polar surface area (TPSA) is 79.4 Å². The summed E-state index contributed by atoms with van der Waals surface area (Å²) >= 11 is 6.20. The first-order valence-corrected chi connectivity index (χ1v) is 10.2. The van der Waals surface area contributed by atoms with E-state index in [1.807, 2.05) is 6.07 Å². The summed E-state index contributed by atoms with van der Waals surface area (Å²) in [6, 6.07) is 13.4. The molecule has 0 atom stereocenters. The van der Waals surface area contributed by atoms with E-state index in [9.17, 15) is 9.18 Å². The average Bonchev–Trinajstić information content (AvgIpc) is 2.80. The van der Waals surface area contributed by atoms with Gasteiger partial charge in [-0.3, -0.25) is 4.79 Å². The number of benzene rings is 2. The van der Waals surface area contributed by atoms with Crippen LogP contribution >= 0.6 is 11.6 Å². The van der Waals surface area contributed by atoms with E-state index < -0.39 is 0 Å². The lowest BCUT2D eigenvalue weighted by Gasteiger charge is -2.27. The molecule has 0 aliphatic carbocycles. The van der Waals surface area contributed by atoms with Crippen molar-refractivity contribution in [2.45, 2.75) is 6.54 Å². The Labute approximate surface area is 184 Å². The first-order valence-electron chi connectivity index (χ1n) is 9.83. The van der Waals surface area contributed by atoms with Gasteiger partial charge in [0.2, 0.25) is 5.95 Å². The summed E-state index contributed by atoms with van der Waals surface area (Å²) in [7, 11) is 0. The van der Waals surface area contributed by atoms with Crippen LogP contribution in [0, 0.1) is 5.82 Å². The lowest BCUT2D eigenvalue weighted by Crippen LogP contribution is -2.40. The molecule has 31 heavy (non-hydrogen) atoms. The lowest BCUT2D eigenvalue weighted by molar-refractivity contribution is 0.0303. The Bertz CT molecular complexity index is 1080. The molecule has 4 rings (SSSR count). The Morgan fingerprint density at radius 3 is 2.77 bits per heavy atom. The van der Waals surface area contributed by atoms with Crippen molar-refractivity contribution in [2.24, 2.45) is 0 Å². The summed E-state index contributed by atoms with van der Waals surface area (Å²) < 4.78 is 18.7. The van der Waals surface area contributed by atoms with Gasteiger partial charge in [-0.25, -0.2) is 9.37 Å². The predicted octanol–water partition coefficient (Wildman–Crippen LogP) is 4.10. The van der Waals surface area contributed by atoms with E-state index in [1.54, 1.807) is 35.2 Å². The van der Waals surface area contributed by atoms with Gasteiger partial charge in [0.05, 0.1) is 19.4 Å². The van der Waals surface area contributed by atoms with E-state index in [4.69, 9.17) is 16.3 Å². The van der Waals surface area contributed by atoms with E-state index in [2.05, 4.69) is 20.6 Å². The molecule has 2 heterocycles. The fourth-order valence-electron chi connectivity index (χ4n) is 3.19. The number of amides is 1. The Morgan fingerprint density at radius 2 is 1.97 bits per heavy atom. The van der Waals surface area contributed by atoms with Crippen molar-refractivity contribution in [3.05, 3.63) is 76.7 Å². The van der Waals surface area contributed by atoms with Crippen LogP contribution in [0.4, 0.5) is 21.8 Å². The van der Waals surface area contributed by atoms with Gasteiger partial charge in [-0.1, -0.05) is 29.8 Å². The second-order valence-corrected chi connectivity index (χ2v) is 7.39. The molecule has 160 valence electrons. The first-order chi connectivity index (χ1) is 15.1. The zero-order valence-corrected chi connectivity index (χ0v) is 17.4. The molecule has 0 bridgehead atoms. The number of carbonyl (C=O) groups excluding carboxylic acids is 1. The Morgan fingerprint density at radius 1 is 1.16 bits per heavy atom. The lowest BCUT2D eigenvalue weighted by atomic mass is 10.1. The molecule has 0 unspecified atom stereocenters. The molecular formula is C22H21ClFN5O2. The third-order valence-corrected chi connectivity index (χ3v) is 5.03. The van der Waals surface area contributed by atoms with Crippen LogP contribution in [0.25, 0.3) is 0 Å². The van der Waals surface area contributed by atoms with Gasteiger partial charge < -0.3 is 20.3 Å². The number of anilines is 3. The van der Waals surface area contributed by atoms with Crippen molar-refractivity contribution in [3.63, 3.8) is 0 Å². The van der Waals surface area contributed by atoms with Crippen LogP contribution < -0.4 is 10.6 Å². The highest BCUT2D eigenvalue weighted by molar-refractivity contribution is 6.32. The highest BCUT2D eigenvalue weighted by atomic mass is 35.5. The molecule has 2 aromatic carbocycles. The summed E-state index contributed by atoms with van der Waals surface area (Å²) in [5.41, 5.74) is 2.02. The van der Waals surface area contributed by atoms with Crippen molar-refractivity contribution in [1.29, 1.82) is 0 Å². The van der Waals surface area contributed by atoms with Crippen molar-refractivity contribution in [1.82, 2.24) is 14.9 Å². The molecule has 0 spiro atoms. The van der Waals surface area contributed by atoms with Gasteiger partial charge >= 0.3 is 0 Å². The number of aromatic nitrogens is 2. The zero-order valence-electron chi connectivity index (χ0n) is 16.6. The van der Waals surface area contributed by atoms with Crippen LogP contribution in [0.1, 0.15) is 15.9 Å². The van der Waals surface area contributed by atoms with Crippen LogP contribution in [0.2, 0.25) is 5.02 Å². The molecule has 3 aromatic rings. The van der Waals surface area contributed by atoms with Crippen molar-refractivity contribution in [3.8, 4) is 0 Å². The molecule has 1 fully saturated rings. The molecule has 0 saturated carbocycles. The molecule has 0 radical (unpaired) electrons. The highest BCUT2D eigenvalue weighted by Gasteiger charge is 2.18. The van der Waals surface area contributed by atoms with E-state index in [1.165, 1.54) is 18.3 Å². The summed E-state index contributed by atoms with van der Waals surface area (Å²) in [5.74, 6) is 0.398. The average molecular weight is 442 g/mol. The number of hydrogen-bond donors (Lipinski definition) is 2. The molecule has 9 heteroatoms. The fourth-order valence-corrected chi connectivity index (χ4v) is 3.35. The van der Waals surface area contributed by atoms with Gasteiger partial charge in [0.25, 0.3) is 5.91 Å². The van der Waals surface area contributed by atoms with Crippen molar-refractivity contribution in [2.75, 3.05) is 36.9 Å². The maximum absolute atomic E-state index is 13.4. The number of morpholine rings is 1. The number of rotatable bonds is 6. The first kappa shape index (κ1) is 21.0. The standard InChI is InChI=1S/C22H21ClFN5O2/c23-19-14-26-22(28-20(19)25-13-15-3-1-5-17(24)11-15)27-18-6-2-4-16(12-18)21(30)29-7-9-31-10-8-29/h1-6,11-12,14H,7-10,13H2,(H2,25,26,27,28).